The van der Waals surface area contributed by atoms with E-state index in [-0.39, 0.29) is 12.8 Å². The molecule has 0 N–H and O–H groups in total. The van der Waals surface area contributed by atoms with Gasteiger partial charge in [-0.15, -0.1) is 0 Å². The zero-order chi connectivity index (χ0) is 25.3. The number of aliphatic carboxylic acids is 2. The Kier molecular flexibility index (Phi) is 8.08. The van der Waals surface area contributed by atoms with E-state index in [4.69, 9.17) is 0 Å². The SMILES string of the molecule is O=C([O-])CC[n+]1ccc(-c2cc[n+](CC[n+]3ccc(-c4cc[n+](CCC(=O)[O-])cc4)cc3)cc2)cc1. The molecule has 4 aromatic rings. The van der Waals surface area contributed by atoms with Crippen LogP contribution in [0.1, 0.15) is 12.8 Å². The highest BCUT2D eigenvalue weighted by Crippen LogP contribution is 2.16. The molecular weight excluding hydrogens is 456 g/mol. The van der Waals surface area contributed by atoms with E-state index in [2.05, 4.69) is 58.2 Å². The minimum atomic E-state index is -1.05. The minimum Gasteiger partial charge on any atom is -0.550 e. The first kappa shape index (κ1) is 24.7. The summed E-state index contributed by atoms with van der Waals surface area (Å²) in [5, 5.41) is 21.2. The Morgan fingerprint density at radius 1 is 0.444 bits per heavy atom. The number of pyridine rings is 4. The molecule has 0 spiro atoms. The van der Waals surface area contributed by atoms with Crippen LogP contribution < -0.4 is 28.5 Å². The van der Waals surface area contributed by atoms with Gasteiger partial charge in [-0.3, -0.25) is 0 Å². The van der Waals surface area contributed by atoms with Crippen molar-refractivity contribution in [2.75, 3.05) is 0 Å². The Labute approximate surface area is 209 Å². The predicted octanol–water partition coefficient (Wildman–Crippen LogP) is -0.849. The quantitative estimate of drug-likeness (QED) is 0.259. The van der Waals surface area contributed by atoms with Gasteiger partial charge in [-0.2, -0.15) is 9.13 Å². The van der Waals surface area contributed by atoms with E-state index >= 15 is 0 Å². The summed E-state index contributed by atoms with van der Waals surface area (Å²) in [5.74, 6) is -2.10. The molecule has 8 heteroatoms. The third-order valence-corrected chi connectivity index (χ3v) is 6.00. The average molecular weight is 485 g/mol. The summed E-state index contributed by atoms with van der Waals surface area (Å²) in [7, 11) is 0. The average Bonchev–Trinajstić information content (AvgIpc) is 2.91. The largest absolute Gasteiger partial charge is 0.550 e. The number of carboxylic acid groups (broad SMARTS) is 2. The standard InChI is InChI=1S/C28H28N4O4/c33-27(34)9-19-29-11-1-23(2-12-29)25-5-15-31(16-6-25)21-22-32-17-7-26(8-18-32)24-3-13-30(14-4-24)20-10-28(35)36/h1-8,11-18H,9-10,19-22H2/q+2. The summed E-state index contributed by atoms with van der Waals surface area (Å²) in [6, 6.07) is 16.2. The summed E-state index contributed by atoms with van der Waals surface area (Å²) in [5.41, 5.74) is 4.34. The van der Waals surface area contributed by atoms with Gasteiger partial charge in [-0.1, -0.05) is 0 Å². The van der Waals surface area contributed by atoms with Crippen LogP contribution in [0.15, 0.2) is 98.1 Å². The van der Waals surface area contributed by atoms with Crippen LogP contribution in [0.5, 0.6) is 0 Å². The molecule has 0 fully saturated rings. The second-order valence-electron chi connectivity index (χ2n) is 8.54. The molecular formula is C28H28N4O4+2. The maximum absolute atomic E-state index is 10.6. The highest BCUT2D eigenvalue weighted by molar-refractivity contribution is 5.64. The summed E-state index contributed by atoms with van der Waals surface area (Å²) in [6.45, 7) is 2.44. The van der Waals surface area contributed by atoms with Gasteiger partial charge in [0.2, 0.25) is 13.1 Å². The van der Waals surface area contributed by atoms with Crippen LogP contribution in [0.3, 0.4) is 0 Å². The third kappa shape index (κ3) is 7.02. The molecule has 0 unspecified atom stereocenters. The molecule has 4 rings (SSSR count). The number of aromatic nitrogens is 4. The van der Waals surface area contributed by atoms with Crippen molar-refractivity contribution in [3.8, 4) is 22.3 Å². The summed E-state index contributed by atoms with van der Waals surface area (Å²) < 4.78 is 7.94. The molecule has 0 aliphatic carbocycles. The second-order valence-corrected chi connectivity index (χ2v) is 8.54. The Morgan fingerprint density at radius 3 is 0.889 bits per heavy atom. The first-order chi connectivity index (χ1) is 17.5. The van der Waals surface area contributed by atoms with E-state index in [1.165, 1.54) is 0 Å². The van der Waals surface area contributed by atoms with E-state index in [0.717, 1.165) is 35.3 Å². The fourth-order valence-corrected chi connectivity index (χ4v) is 3.87. The molecule has 182 valence electrons. The maximum Gasteiger partial charge on any atom is 0.206 e. The summed E-state index contributed by atoms with van der Waals surface area (Å²) in [4.78, 5) is 21.2. The van der Waals surface area contributed by atoms with E-state index in [9.17, 15) is 19.8 Å². The Balaban J connectivity index is 1.30. The van der Waals surface area contributed by atoms with Crippen LogP contribution in [0.4, 0.5) is 0 Å². The molecule has 0 amide bonds. The van der Waals surface area contributed by atoms with Gasteiger partial charge in [0.1, 0.15) is 0 Å². The number of carbonyl (C=O) groups excluding carboxylic acids is 2. The van der Waals surface area contributed by atoms with Gasteiger partial charge in [0, 0.05) is 73.3 Å². The van der Waals surface area contributed by atoms with Crippen LogP contribution in [0.2, 0.25) is 0 Å². The van der Waals surface area contributed by atoms with Gasteiger partial charge >= 0.3 is 0 Å². The van der Waals surface area contributed by atoms with Crippen LogP contribution in [-0.2, 0) is 35.8 Å². The number of hydrogen-bond donors (Lipinski definition) is 0. The number of carboxylic acids is 2. The predicted molar refractivity (Wildman–Crippen MR) is 124 cm³/mol. The fraction of sp³-hybridized carbons (Fsp3) is 0.214. The van der Waals surface area contributed by atoms with Crippen molar-refractivity contribution in [2.24, 2.45) is 0 Å². The lowest BCUT2D eigenvalue weighted by Gasteiger charge is -2.03. The highest BCUT2D eigenvalue weighted by Gasteiger charge is 2.10. The summed E-state index contributed by atoms with van der Waals surface area (Å²) in [6.07, 6.45) is 15.7. The normalized spacial score (nSPS) is 10.8. The van der Waals surface area contributed by atoms with Gasteiger partial charge in [-0.25, -0.2) is 9.13 Å². The second kappa shape index (κ2) is 11.8. The van der Waals surface area contributed by atoms with Crippen LogP contribution in [-0.4, -0.2) is 11.9 Å². The van der Waals surface area contributed by atoms with E-state index < -0.39 is 11.9 Å². The molecule has 0 aromatic carbocycles. The first-order valence-corrected chi connectivity index (χ1v) is 11.8. The number of rotatable bonds is 11. The van der Waals surface area contributed by atoms with Crippen molar-refractivity contribution >= 4 is 11.9 Å². The van der Waals surface area contributed by atoms with Crippen molar-refractivity contribution in [3.63, 3.8) is 0 Å². The van der Waals surface area contributed by atoms with Gasteiger partial charge in [0.05, 0.1) is 0 Å². The van der Waals surface area contributed by atoms with Crippen LogP contribution in [0.25, 0.3) is 22.3 Å². The molecule has 0 saturated heterocycles. The monoisotopic (exact) mass is 484 g/mol. The zero-order valence-corrected chi connectivity index (χ0v) is 19.9. The van der Waals surface area contributed by atoms with Crippen molar-refractivity contribution in [1.29, 1.82) is 0 Å². The van der Waals surface area contributed by atoms with Crippen LogP contribution in [0, 0.1) is 0 Å². The molecule has 4 aromatic heterocycles. The highest BCUT2D eigenvalue weighted by atomic mass is 16.4. The van der Waals surface area contributed by atoms with Gasteiger partial charge < -0.3 is 19.8 Å². The number of carbonyl (C=O) groups is 2. The van der Waals surface area contributed by atoms with E-state index in [0.29, 0.717) is 13.1 Å². The molecule has 0 atom stereocenters. The minimum absolute atomic E-state index is 0.00320. The van der Waals surface area contributed by atoms with Crippen molar-refractivity contribution in [3.05, 3.63) is 98.1 Å². The maximum atomic E-state index is 10.6. The number of nitrogens with zero attached hydrogens (tertiary/aromatic N) is 4. The number of aryl methyl sites for hydroxylation is 4. The van der Waals surface area contributed by atoms with E-state index in [1.807, 2.05) is 58.2 Å². The Bertz CT molecular complexity index is 1200. The molecule has 4 heterocycles. The van der Waals surface area contributed by atoms with Crippen molar-refractivity contribution in [2.45, 2.75) is 39.0 Å². The van der Waals surface area contributed by atoms with Gasteiger partial charge in [0.15, 0.2) is 62.7 Å². The zero-order valence-electron chi connectivity index (χ0n) is 19.9. The van der Waals surface area contributed by atoms with Gasteiger partial charge in [-0.05, 0) is 22.3 Å². The molecule has 36 heavy (non-hydrogen) atoms. The number of hydrogen-bond acceptors (Lipinski definition) is 4. The van der Waals surface area contributed by atoms with E-state index in [1.54, 1.807) is 0 Å². The lowest BCUT2D eigenvalue weighted by Crippen LogP contribution is -2.43. The molecule has 0 radical (unpaired) electrons. The topological polar surface area (TPSA) is 95.8 Å². The third-order valence-electron chi connectivity index (χ3n) is 6.00. The van der Waals surface area contributed by atoms with Crippen LogP contribution >= 0.6 is 0 Å². The van der Waals surface area contributed by atoms with Crippen molar-refractivity contribution in [1.82, 2.24) is 0 Å². The van der Waals surface area contributed by atoms with Gasteiger partial charge in [0.25, 0.3) is 0 Å². The Morgan fingerprint density at radius 2 is 0.667 bits per heavy atom. The fourth-order valence-electron chi connectivity index (χ4n) is 3.87. The lowest BCUT2D eigenvalue weighted by atomic mass is 10.1. The molecule has 0 aliphatic rings. The lowest BCUT2D eigenvalue weighted by molar-refractivity contribution is -0.778. The summed E-state index contributed by atoms with van der Waals surface area (Å²) >= 11 is 0. The molecule has 0 saturated carbocycles. The molecule has 0 bridgehead atoms. The van der Waals surface area contributed by atoms with Crippen molar-refractivity contribution < 1.29 is 38.1 Å². The molecule has 0 aliphatic heterocycles. The smallest absolute Gasteiger partial charge is 0.206 e. The Hall–Kier alpha value is -4.46. The molecule has 8 nitrogen and oxygen atoms in total. The first-order valence-electron chi connectivity index (χ1n) is 11.8.